The highest BCUT2D eigenvalue weighted by molar-refractivity contribution is 7.14. The lowest BCUT2D eigenvalue weighted by atomic mass is 9.95. The van der Waals surface area contributed by atoms with Crippen LogP contribution in [0.15, 0.2) is 29.6 Å². The monoisotopic (exact) mass is 414 g/mol. The number of carbonyl (C=O) groups excluding carboxylic acids is 2. The van der Waals surface area contributed by atoms with Gasteiger partial charge in [-0.3, -0.25) is 9.59 Å². The van der Waals surface area contributed by atoms with Crippen molar-refractivity contribution in [2.75, 3.05) is 49.6 Å². The van der Waals surface area contributed by atoms with E-state index in [4.69, 9.17) is 9.72 Å². The number of nitrogens with one attached hydrogen (secondary N) is 1. The van der Waals surface area contributed by atoms with Crippen LogP contribution in [0.4, 0.5) is 10.8 Å². The largest absolute Gasteiger partial charge is 0.378 e. The van der Waals surface area contributed by atoms with Crippen LogP contribution in [0.5, 0.6) is 0 Å². The van der Waals surface area contributed by atoms with Gasteiger partial charge in [0.25, 0.3) is 0 Å². The van der Waals surface area contributed by atoms with Crippen molar-refractivity contribution in [3.05, 3.63) is 29.6 Å². The number of carbonyl (C=O) groups is 2. The minimum atomic E-state index is -0.0418. The number of nitrogens with zero attached hydrogens (tertiary/aromatic N) is 3. The number of benzene rings is 1. The smallest absolute Gasteiger partial charge is 0.227 e. The molecule has 0 aliphatic carbocycles. The molecule has 0 saturated carbocycles. The number of aromatic nitrogens is 1. The molecule has 2 fully saturated rings. The summed E-state index contributed by atoms with van der Waals surface area (Å²) in [5.41, 5.74) is 2.77. The van der Waals surface area contributed by atoms with Gasteiger partial charge in [0, 0.05) is 55.7 Å². The summed E-state index contributed by atoms with van der Waals surface area (Å²) in [4.78, 5) is 32.8. The van der Waals surface area contributed by atoms with Gasteiger partial charge in [-0.1, -0.05) is 12.1 Å². The maximum absolute atomic E-state index is 12.5. The van der Waals surface area contributed by atoms with Gasteiger partial charge in [0.05, 0.1) is 18.9 Å². The quantitative estimate of drug-likeness (QED) is 0.833. The van der Waals surface area contributed by atoms with Crippen molar-refractivity contribution in [3.63, 3.8) is 0 Å². The van der Waals surface area contributed by atoms with Crippen LogP contribution in [0.25, 0.3) is 11.3 Å². The third-order valence-corrected chi connectivity index (χ3v) is 6.43. The number of hydrogen-bond donors (Lipinski definition) is 1. The highest BCUT2D eigenvalue weighted by atomic mass is 32.1. The Kier molecular flexibility index (Phi) is 6.10. The molecule has 0 bridgehead atoms. The topological polar surface area (TPSA) is 74.8 Å². The molecule has 29 heavy (non-hydrogen) atoms. The number of thiazole rings is 1. The van der Waals surface area contributed by atoms with E-state index in [1.165, 1.54) is 0 Å². The third-order valence-electron chi connectivity index (χ3n) is 5.53. The Morgan fingerprint density at radius 3 is 2.45 bits per heavy atom. The van der Waals surface area contributed by atoms with E-state index in [1.54, 1.807) is 23.2 Å². The van der Waals surface area contributed by atoms with Crippen LogP contribution in [0, 0.1) is 5.92 Å². The van der Waals surface area contributed by atoms with E-state index in [-0.39, 0.29) is 17.7 Å². The molecule has 1 N–H and O–H groups in total. The predicted molar refractivity (Wildman–Crippen MR) is 114 cm³/mol. The highest BCUT2D eigenvalue weighted by Gasteiger charge is 2.26. The van der Waals surface area contributed by atoms with Crippen LogP contribution in [0.3, 0.4) is 0 Å². The summed E-state index contributed by atoms with van der Waals surface area (Å²) < 4.78 is 5.40. The molecule has 8 heteroatoms. The average molecular weight is 415 g/mol. The van der Waals surface area contributed by atoms with Crippen LogP contribution in [-0.2, 0) is 14.3 Å². The molecule has 0 radical (unpaired) electrons. The highest BCUT2D eigenvalue weighted by Crippen LogP contribution is 2.29. The lowest BCUT2D eigenvalue weighted by Gasteiger charge is -2.30. The first kappa shape index (κ1) is 19.8. The van der Waals surface area contributed by atoms with Crippen LogP contribution < -0.4 is 10.2 Å². The average Bonchev–Trinajstić information content (AvgIpc) is 3.25. The number of hydrogen-bond acceptors (Lipinski definition) is 6. The second-order valence-corrected chi connectivity index (χ2v) is 8.30. The summed E-state index contributed by atoms with van der Waals surface area (Å²) in [7, 11) is 0. The zero-order valence-electron chi connectivity index (χ0n) is 16.6. The maximum atomic E-state index is 12.5. The number of anilines is 2. The zero-order valence-corrected chi connectivity index (χ0v) is 17.4. The number of ether oxygens (including phenoxy) is 1. The Labute approximate surface area is 174 Å². The van der Waals surface area contributed by atoms with Gasteiger partial charge in [0.1, 0.15) is 0 Å². The second-order valence-electron chi connectivity index (χ2n) is 7.46. The molecule has 1 aromatic heterocycles. The molecule has 1 aromatic carbocycles. The SMILES string of the molecule is CC(=O)N1CCC(C(=O)Nc2ccc(-c3csc(N4CCOCC4)n3)cc2)CC1. The molecular formula is C21H26N4O3S. The molecule has 0 unspecified atom stereocenters. The van der Waals surface area contributed by atoms with Crippen molar-refractivity contribution >= 4 is 34.0 Å². The summed E-state index contributed by atoms with van der Waals surface area (Å²) in [6.45, 7) is 6.14. The van der Waals surface area contributed by atoms with E-state index in [9.17, 15) is 9.59 Å². The fourth-order valence-corrected chi connectivity index (χ4v) is 4.61. The Hall–Kier alpha value is -2.45. The molecule has 4 rings (SSSR count). The normalized spacial score (nSPS) is 18.0. The lowest BCUT2D eigenvalue weighted by Crippen LogP contribution is -2.40. The third kappa shape index (κ3) is 4.76. The van der Waals surface area contributed by atoms with E-state index in [1.807, 2.05) is 24.3 Å². The Bertz CT molecular complexity index is 853. The van der Waals surface area contributed by atoms with Gasteiger partial charge >= 0.3 is 0 Å². The van der Waals surface area contributed by atoms with Crippen molar-refractivity contribution in [3.8, 4) is 11.3 Å². The molecule has 0 spiro atoms. The summed E-state index contributed by atoms with van der Waals surface area (Å²) in [6, 6.07) is 7.83. The maximum Gasteiger partial charge on any atom is 0.227 e. The van der Waals surface area contributed by atoms with Crippen LogP contribution >= 0.6 is 11.3 Å². The zero-order chi connectivity index (χ0) is 20.2. The lowest BCUT2D eigenvalue weighted by molar-refractivity contribution is -0.132. The molecule has 0 atom stereocenters. The molecule has 3 heterocycles. The van der Waals surface area contributed by atoms with Crippen molar-refractivity contribution in [2.45, 2.75) is 19.8 Å². The fourth-order valence-electron chi connectivity index (χ4n) is 3.72. The van der Waals surface area contributed by atoms with E-state index in [0.29, 0.717) is 25.9 Å². The molecule has 7 nitrogen and oxygen atoms in total. The molecule has 2 aliphatic heterocycles. The van der Waals surface area contributed by atoms with Gasteiger partial charge in [-0.25, -0.2) is 4.98 Å². The molecular weight excluding hydrogens is 388 g/mol. The number of morpholine rings is 1. The standard InChI is InChI=1S/C21H26N4O3S/c1-15(26)24-8-6-17(7-9-24)20(27)22-18-4-2-16(3-5-18)19-14-29-21(23-19)25-10-12-28-13-11-25/h2-5,14,17H,6-13H2,1H3,(H,22,27). The van der Waals surface area contributed by atoms with E-state index in [0.717, 1.165) is 48.4 Å². The van der Waals surface area contributed by atoms with E-state index < -0.39 is 0 Å². The molecule has 154 valence electrons. The van der Waals surface area contributed by atoms with Crippen LogP contribution in [0.2, 0.25) is 0 Å². The summed E-state index contributed by atoms with van der Waals surface area (Å²) in [5.74, 6) is 0.0716. The van der Waals surface area contributed by atoms with Gasteiger partial charge in [0.15, 0.2) is 5.13 Å². The first-order valence-corrected chi connectivity index (χ1v) is 10.9. The van der Waals surface area contributed by atoms with Gasteiger partial charge in [-0.15, -0.1) is 11.3 Å². The molecule has 2 aliphatic rings. The molecule has 2 amide bonds. The van der Waals surface area contributed by atoms with Crippen LogP contribution in [-0.4, -0.2) is 61.1 Å². The first-order chi connectivity index (χ1) is 14.1. The number of amides is 2. The minimum Gasteiger partial charge on any atom is -0.378 e. The van der Waals surface area contributed by atoms with Crippen molar-refractivity contribution in [1.29, 1.82) is 0 Å². The number of piperidine rings is 1. The second kappa shape index (κ2) is 8.92. The Morgan fingerprint density at radius 1 is 1.10 bits per heavy atom. The minimum absolute atomic E-state index is 0.0317. The van der Waals surface area contributed by atoms with Gasteiger partial charge in [-0.05, 0) is 25.0 Å². The van der Waals surface area contributed by atoms with E-state index >= 15 is 0 Å². The predicted octanol–water partition coefficient (Wildman–Crippen LogP) is 2.84. The molecule has 2 aromatic rings. The number of rotatable bonds is 4. The van der Waals surface area contributed by atoms with Crippen molar-refractivity contribution < 1.29 is 14.3 Å². The summed E-state index contributed by atoms with van der Waals surface area (Å²) >= 11 is 1.65. The summed E-state index contributed by atoms with van der Waals surface area (Å²) in [5, 5.41) is 6.11. The van der Waals surface area contributed by atoms with Gasteiger partial charge in [0.2, 0.25) is 11.8 Å². The fraction of sp³-hybridized carbons (Fsp3) is 0.476. The van der Waals surface area contributed by atoms with Gasteiger partial charge in [-0.2, -0.15) is 0 Å². The van der Waals surface area contributed by atoms with Gasteiger partial charge < -0.3 is 19.9 Å². The molecule has 2 saturated heterocycles. The summed E-state index contributed by atoms with van der Waals surface area (Å²) in [6.07, 6.45) is 1.43. The van der Waals surface area contributed by atoms with Crippen molar-refractivity contribution in [2.24, 2.45) is 5.92 Å². The Balaban J connectivity index is 1.34. The first-order valence-electron chi connectivity index (χ1n) is 10.0. The van der Waals surface area contributed by atoms with Crippen molar-refractivity contribution in [1.82, 2.24) is 9.88 Å². The van der Waals surface area contributed by atoms with E-state index in [2.05, 4.69) is 15.6 Å². The van der Waals surface area contributed by atoms with Crippen LogP contribution in [0.1, 0.15) is 19.8 Å². The Morgan fingerprint density at radius 2 is 1.79 bits per heavy atom. The number of likely N-dealkylation sites (tertiary alicyclic amines) is 1.